The second kappa shape index (κ2) is 9.17. The molecule has 28 heavy (non-hydrogen) atoms. The maximum atomic E-state index is 13.0. The Kier molecular flexibility index (Phi) is 6.42. The molecule has 0 radical (unpaired) electrons. The molecule has 1 N–H and O–H groups in total. The van der Waals surface area contributed by atoms with E-state index >= 15 is 0 Å². The molecule has 0 aliphatic heterocycles. The van der Waals surface area contributed by atoms with Gasteiger partial charge in [0, 0.05) is 18.4 Å². The highest BCUT2D eigenvalue weighted by atomic mass is 19.1. The van der Waals surface area contributed by atoms with Gasteiger partial charge in [-0.2, -0.15) is 0 Å². The SMILES string of the molecule is Cc1cccc(C)c1OCCNC(=O)CCc1ncc(-c2ccc(F)cc2)o1. The van der Waals surface area contributed by atoms with Crippen molar-refractivity contribution in [2.75, 3.05) is 13.2 Å². The Morgan fingerprint density at radius 2 is 1.86 bits per heavy atom. The Bertz CT molecular complexity index is 915. The molecule has 0 fully saturated rings. The molecule has 0 spiro atoms. The van der Waals surface area contributed by atoms with E-state index in [1.54, 1.807) is 18.3 Å². The molecular formula is C22H23FN2O3. The fourth-order valence-corrected chi connectivity index (χ4v) is 2.85. The lowest BCUT2D eigenvalue weighted by Gasteiger charge is -2.12. The summed E-state index contributed by atoms with van der Waals surface area (Å²) in [4.78, 5) is 16.2. The molecule has 146 valence electrons. The number of aryl methyl sites for hydroxylation is 3. The zero-order valence-electron chi connectivity index (χ0n) is 16.0. The van der Waals surface area contributed by atoms with Gasteiger partial charge in [0.2, 0.25) is 5.91 Å². The first-order chi connectivity index (χ1) is 13.5. The van der Waals surface area contributed by atoms with Crippen molar-refractivity contribution < 1.29 is 18.3 Å². The highest BCUT2D eigenvalue weighted by molar-refractivity contribution is 5.76. The maximum absolute atomic E-state index is 13.0. The third-order valence-corrected chi connectivity index (χ3v) is 4.33. The monoisotopic (exact) mass is 382 g/mol. The van der Waals surface area contributed by atoms with Crippen LogP contribution < -0.4 is 10.1 Å². The van der Waals surface area contributed by atoms with Gasteiger partial charge >= 0.3 is 0 Å². The molecule has 0 aliphatic carbocycles. The summed E-state index contributed by atoms with van der Waals surface area (Å²) in [7, 11) is 0. The molecule has 0 bridgehead atoms. The van der Waals surface area contributed by atoms with E-state index in [0.717, 1.165) is 22.4 Å². The van der Waals surface area contributed by atoms with Crippen LogP contribution in [-0.4, -0.2) is 24.0 Å². The molecule has 0 atom stereocenters. The summed E-state index contributed by atoms with van der Waals surface area (Å²) in [6.07, 6.45) is 2.25. The molecule has 0 aliphatic rings. The topological polar surface area (TPSA) is 64.4 Å². The predicted molar refractivity (Wildman–Crippen MR) is 105 cm³/mol. The van der Waals surface area contributed by atoms with Gasteiger partial charge < -0.3 is 14.5 Å². The molecule has 0 unspecified atom stereocenters. The van der Waals surface area contributed by atoms with Crippen molar-refractivity contribution in [3.8, 4) is 17.1 Å². The molecule has 6 heteroatoms. The van der Waals surface area contributed by atoms with E-state index < -0.39 is 0 Å². The highest BCUT2D eigenvalue weighted by Gasteiger charge is 2.09. The second-order valence-corrected chi connectivity index (χ2v) is 6.54. The van der Waals surface area contributed by atoms with Crippen LogP contribution in [0.15, 0.2) is 53.1 Å². The van der Waals surface area contributed by atoms with Crippen molar-refractivity contribution >= 4 is 5.91 Å². The number of oxazole rings is 1. The minimum absolute atomic E-state index is 0.0911. The Balaban J connectivity index is 1.40. The molecule has 2 aromatic carbocycles. The van der Waals surface area contributed by atoms with Crippen LogP contribution in [0.3, 0.4) is 0 Å². The Morgan fingerprint density at radius 3 is 2.57 bits per heavy atom. The van der Waals surface area contributed by atoms with Gasteiger partial charge in [-0.1, -0.05) is 18.2 Å². The second-order valence-electron chi connectivity index (χ2n) is 6.54. The first-order valence-electron chi connectivity index (χ1n) is 9.19. The lowest BCUT2D eigenvalue weighted by molar-refractivity contribution is -0.121. The van der Waals surface area contributed by atoms with E-state index in [1.807, 2.05) is 32.0 Å². The fourth-order valence-electron chi connectivity index (χ4n) is 2.85. The number of carbonyl (C=O) groups excluding carboxylic acids is 1. The van der Waals surface area contributed by atoms with Crippen LogP contribution in [0.4, 0.5) is 4.39 Å². The van der Waals surface area contributed by atoms with Gasteiger partial charge in [-0.25, -0.2) is 9.37 Å². The first kappa shape index (κ1) is 19.6. The number of ether oxygens (including phenoxy) is 1. The quantitative estimate of drug-likeness (QED) is 0.592. The molecule has 0 saturated heterocycles. The van der Waals surface area contributed by atoms with Crippen LogP contribution in [0.25, 0.3) is 11.3 Å². The summed E-state index contributed by atoms with van der Waals surface area (Å²) in [6.45, 7) is 4.83. The van der Waals surface area contributed by atoms with Crippen molar-refractivity contribution in [2.45, 2.75) is 26.7 Å². The lowest BCUT2D eigenvalue weighted by atomic mass is 10.1. The summed E-state index contributed by atoms with van der Waals surface area (Å²) in [6, 6.07) is 12.0. The molecule has 1 aromatic heterocycles. The summed E-state index contributed by atoms with van der Waals surface area (Å²) < 4.78 is 24.4. The van der Waals surface area contributed by atoms with Gasteiger partial charge in [-0.3, -0.25) is 4.79 Å². The number of benzene rings is 2. The van der Waals surface area contributed by atoms with E-state index in [2.05, 4.69) is 10.3 Å². The Hall–Kier alpha value is -3.15. The van der Waals surface area contributed by atoms with Gasteiger partial charge in [0.25, 0.3) is 0 Å². The normalized spacial score (nSPS) is 10.7. The minimum Gasteiger partial charge on any atom is -0.491 e. The zero-order valence-corrected chi connectivity index (χ0v) is 16.0. The van der Waals surface area contributed by atoms with Gasteiger partial charge in [0.15, 0.2) is 11.7 Å². The number of nitrogens with zero attached hydrogens (tertiary/aromatic N) is 1. The van der Waals surface area contributed by atoms with Crippen LogP contribution in [0, 0.1) is 19.7 Å². The zero-order chi connectivity index (χ0) is 19.9. The van der Waals surface area contributed by atoms with Crippen LogP contribution >= 0.6 is 0 Å². The molecule has 0 saturated carbocycles. The number of nitrogens with one attached hydrogen (secondary N) is 1. The number of para-hydroxylation sites is 1. The molecule has 5 nitrogen and oxygen atoms in total. The molecule has 1 heterocycles. The fraction of sp³-hybridized carbons (Fsp3) is 0.273. The molecular weight excluding hydrogens is 359 g/mol. The van der Waals surface area contributed by atoms with Crippen molar-refractivity contribution in [3.63, 3.8) is 0 Å². The summed E-state index contributed by atoms with van der Waals surface area (Å²) in [5.74, 6) is 1.50. The van der Waals surface area contributed by atoms with Crippen molar-refractivity contribution in [1.29, 1.82) is 0 Å². The van der Waals surface area contributed by atoms with E-state index in [0.29, 0.717) is 31.2 Å². The maximum Gasteiger partial charge on any atom is 0.220 e. The van der Waals surface area contributed by atoms with Crippen LogP contribution in [-0.2, 0) is 11.2 Å². The Labute approximate surface area is 163 Å². The number of rotatable bonds is 8. The van der Waals surface area contributed by atoms with E-state index in [-0.39, 0.29) is 18.1 Å². The number of aromatic nitrogens is 1. The van der Waals surface area contributed by atoms with Gasteiger partial charge in [-0.15, -0.1) is 0 Å². The van der Waals surface area contributed by atoms with Gasteiger partial charge in [0.1, 0.15) is 18.2 Å². The van der Waals surface area contributed by atoms with Crippen molar-refractivity contribution in [2.24, 2.45) is 0 Å². The third kappa shape index (κ3) is 5.19. The van der Waals surface area contributed by atoms with E-state index in [1.165, 1.54) is 12.1 Å². The van der Waals surface area contributed by atoms with Crippen LogP contribution in [0.5, 0.6) is 5.75 Å². The first-order valence-corrected chi connectivity index (χ1v) is 9.19. The summed E-state index contributed by atoms with van der Waals surface area (Å²) >= 11 is 0. The number of carbonyl (C=O) groups is 1. The van der Waals surface area contributed by atoms with E-state index in [9.17, 15) is 9.18 Å². The van der Waals surface area contributed by atoms with Gasteiger partial charge in [-0.05, 0) is 49.2 Å². The lowest BCUT2D eigenvalue weighted by Crippen LogP contribution is -2.28. The van der Waals surface area contributed by atoms with Crippen molar-refractivity contribution in [1.82, 2.24) is 10.3 Å². The molecule has 3 rings (SSSR count). The van der Waals surface area contributed by atoms with E-state index in [4.69, 9.17) is 9.15 Å². The molecule has 3 aromatic rings. The summed E-state index contributed by atoms with van der Waals surface area (Å²) in [5.41, 5.74) is 2.90. The largest absolute Gasteiger partial charge is 0.491 e. The van der Waals surface area contributed by atoms with Gasteiger partial charge in [0.05, 0.1) is 12.7 Å². The average Bonchev–Trinajstić information content (AvgIpc) is 3.15. The number of halogens is 1. The number of amides is 1. The number of hydrogen-bond donors (Lipinski definition) is 1. The smallest absolute Gasteiger partial charge is 0.220 e. The highest BCUT2D eigenvalue weighted by Crippen LogP contribution is 2.22. The standard InChI is InChI=1S/C22H23FN2O3/c1-15-4-3-5-16(2)22(15)27-13-12-24-20(26)10-11-21-25-14-19(28-21)17-6-8-18(23)9-7-17/h3-9,14H,10-13H2,1-2H3,(H,24,26). The third-order valence-electron chi connectivity index (χ3n) is 4.33. The minimum atomic E-state index is -0.304. The summed E-state index contributed by atoms with van der Waals surface area (Å²) in [5, 5.41) is 2.83. The van der Waals surface area contributed by atoms with Crippen LogP contribution in [0.2, 0.25) is 0 Å². The number of hydrogen-bond acceptors (Lipinski definition) is 4. The van der Waals surface area contributed by atoms with Crippen molar-refractivity contribution in [3.05, 3.63) is 71.5 Å². The average molecular weight is 382 g/mol. The Morgan fingerprint density at radius 1 is 1.14 bits per heavy atom. The molecule has 1 amide bonds. The predicted octanol–water partition coefficient (Wildman–Crippen LogP) is 4.23. The van der Waals surface area contributed by atoms with Crippen LogP contribution in [0.1, 0.15) is 23.4 Å².